The molecule has 0 radical (unpaired) electrons. The molecule has 0 aliphatic heterocycles. The Kier molecular flexibility index (Phi) is 5.25. The maximum absolute atomic E-state index is 14.0. The standard InChI is InChI=1S/C19H15F4N3O/c1-26(16-10-6-5-9-15(16)20)17-14(19(21,22)23)11-24-18(25-17)27-12-13-7-3-2-4-8-13/h2-11H,12H2,1H3. The minimum Gasteiger partial charge on any atom is -0.459 e. The van der Waals surface area contributed by atoms with Crippen LogP contribution in [0.25, 0.3) is 0 Å². The summed E-state index contributed by atoms with van der Waals surface area (Å²) in [6.45, 7) is 0.0923. The van der Waals surface area contributed by atoms with Crippen LogP contribution in [0.4, 0.5) is 29.1 Å². The van der Waals surface area contributed by atoms with Crippen molar-refractivity contribution >= 4 is 11.5 Å². The van der Waals surface area contributed by atoms with Crippen LogP contribution in [0.3, 0.4) is 0 Å². The van der Waals surface area contributed by atoms with Crippen LogP contribution in [-0.2, 0) is 12.8 Å². The second-order valence-electron chi connectivity index (χ2n) is 5.67. The molecule has 8 heteroatoms. The second kappa shape index (κ2) is 7.61. The summed E-state index contributed by atoms with van der Waals surface area (Å²) >= 11 is 0. The highest BCUT2D eigenvalue weighted by molar-refractivity contribution is 5.63. The van der Waals surface area contributed by atoms with Crippen LogP contribution in [-0.4, -0.2) is 17.0 Å². The molecule has 0 aliphatic rings. The Labute approximate surface area is 153 Å². The van der Waals surface area contributed by atoms with Gasteiger partial charge in [0.15, 0.2) is 5.82 Å². The predicted octanol–water partition coefficient (Wildman–Crippen LogP) is 4.98. The zero-order chi connectivity index (χ0) is 19.4. The van der Waals surface area contributed by atoms with Crippen molar-refractivity contribution in [2.75, 3.05) is 11.9 Å². The van der Waals surface area contributed by atoms with Gasteiger partial charge < -0.3 is 9.64 Å². The van der Waals surface area contributed by atoms with Gasteiger partial charge in [0.25, 0.3) is 0 Å². The summed E-state index contributed by atoms with van der Waals surface area (Å²) in [6.07, 6.45) is -4.06. The van der Waals surface area contributed by atoms with Crippen molar-refractivity contribution in [3.8, 4) is 6.01 Å². The average Bonchev–Trinajstić information content (AvgIpc) is 2.66. The fourth-order valence-electron chi connectivity index (χ4n) is 2.44. The van der Waals surface area contributed by atoms with Gasteiger partial charge in [-0.3, -0.25) is 0 Å². The van der Waals surface area contributed by atoms with Gasteiger partial charge in [-0.1, -0.05) is 42.5 Å². The van der Waals surface area contributed by atoms with Gasteiger partial charge in [0.05, 0.1) is 5.69 Å². The molecule has 3 rings (SSSR count). The highest BCUT2D eigenvalue weighted by atomic mass is 19.4. The minimum atomic E-state index is -4.70. The first-order valence-electron chi connectivity index (χ1n) is 7.95. The van der Waals surface area contributed by atoms with Crippen LogP contribution in [0, 0.1) is 5.82 Å². The number of nitrogens with zero attached hydrogens (tertiary/aromatic N) is 3. The highest BCUT2D eigenvalue weighted by Gasteiger charge is 2.37. The van der Waals surface area contributed by atoms with Crippen molar-refractivity contribution in [2.24, 2.45) is 0 Å². The Morgan fingerprint density at radius 2 is 1.67 bits per heavy atom. The molecule has 0 N–H and O–H groups in total. The topological polar surface area (TPSA) is 38.2 Å². The van der Waals surface area contributed by atoms with E-state index < -0.39 is 23.4 Å². The molecule has 0 bridgehead atoms. The number of hydrogen-bond acceptors (Lipinski definition) is 4. The normalized spacial score (nSPS) is 11.3. The van der Waals surface area contributed by atoms with Crippen LogP contribution in [0.15, 0.2) is 60.8 Å². The number of halogens is 4. The largest absolute Gasteiger partial charge is 0.459 e. The molecule has 2 aromatic carbocycles. The molecular weight excluding hydrogens is 362 g/mol. The molecule has 0 unspecified atom stereocenters. The lowest BCUT2D eigenvalue weighted by Gasteiger charge is -2.23. The van der Waals surface area contributed by atoms with Gasteiger partial charge in [-0.15, -0.1) is 0 Å². The SMILES string of the molecule is CN(c1ccccc1F)c1nc(OCc2ccccc2)ncc1C(F)(F)F. The molecule has 0 amide bonds. The van der Waals surface area contributed by atoms with E-state index in [0.29, 0.717) is 6.20 Å². The fourth-order valence-corrected chi connectivity index (χ4v) is 2.44. The maximum atomic E-state index is 14.0. The molecule has 3 aromatic rings. The molecule has 0 aliphatic carbocycles. The third-order valence-electron chi connectivity index (χ3n) is 3.79. The predicted molar refractivity (Wildman–Crippen MR) is 92.3 cm³/mol. The first kappa shape index (κ1) is 18.6. The maximum Gasteiger partial charge on any atom is 0.421 e. The van der Waals surface area contributed by atoms with Crippen LogP contribution in [0.1, 0.15) is 11.1 Å². The average molecular weight is 377 g/mol. The lowest BCUT2D eigenvalue weighted by molar-refractivity contribution is -0.137. The minimum absolute atomic E-state index is 0.0456. The molecule has 0 saturated heterocycles. The molecular formula is C19H15F4N3O. The summed E-state index contributed by atoms with van der Waals surface area (Å²) in [4.78, 5) is 8.55. The number of rotatable bonds is 5. The molecule has 27 heavy (non-hydrogen) atoms. The first-order valence-corrected chi connectivity index (χ1v) is 7.95. The van der Waals surface area contributed by atoms with Gasteiger partial charge in [0, 0.05) is 13.2 Å². The second-order valence-corrected chi connectivity index (χ2v) is 5.67. The van der Waals surface area contributed by atoms with Crippen LogP contribution in [0.2, 0.25) is 0 Å². The number of para-hydroxylation sites is 1. The number of benzene rings is 2. The van der Waals surface area contributed by atoms with E-state index in [9.17, 15) is 17.6 Å². The molecule has 1 heterocycles. The number of anilines is 2. The van der Waals surface area contributed by atoms with E-state index in [2.05, 4.69) is 9.97 Å². The Bertz CT molecular complexity index is 916. The van der Waals surface area contributed by atoms with Gasteiger partial charge in [-0.25, -0.2) is 9.37 Å². The molecule has 0 saturated carbocycles. The lowest BCUT2D eigenvalue weighted by Crippen LogP contribution is -2.20. The number of hydrogen-bond donors (Lipinski definition) is 0. The summed E-state index contributed by atoms with van der Waals surface area (Å²) in [5.74, 6) is -1.16. The van der Waals surface area contributed by atoms with Gasteiger partial charge in [0.1, 0.15) is 18.0 Å². The van der Waals surface area contributed by atoms with Gasteiger partial charge in [-0.2, -0.15) is 18.2 Å². The van der Waals surface area contributed by atoms with E-state index in [1.54, 1.807) is 12.1 Å². The molecule has 0 atom stereocenters. The van der Waals surface area contributed by atoms with E-state index in [0.717, 1.165) is 16.5 Å². The molecule has 0 spiro atoms. The summed E-state index contributed by atoms with van der Waals surface area (Å²) in [5.41, 5.74) is -0.318. The van der Waals surface area contributed by atoms with E-state index in [-0.39, 0.29) is 18.3 Å². The quantitative estimate of drug-likeness (QED) is 0.588. The van der Waals surface area contributed by atoms with Crippen molar-refractivity contribution in [3.05, 3.63) is 77.7 Å². The molecule has 1 aromatic heterocycles. The van der Waals surface area contributed by atoms with E-state index in [4.69, 9.17) is 4.74 Å². The zero-order valence-electron chi connectivity index (χ0n) is 14.2. The number of alkyl halides is 3. The van der Waals surface area contributed by atoms with E-state index in [1.807, 2.05) is 18.2 Å². The Morgan fingerprint density at radius 1 is 1.00 bits per heavy atom. The fraction of sp³-hybridized carbons (Fsp3) is 0.158. The first-order chi connectivity index (χ1) is 12.9. The molecule has 0 fully saturated rings. The Balaban J connectivity index is 1.95. The van der Waals surface area contributed by atoms with Crippen molar-refractivity contribution in [2.45, 2.75) is 12.8 Å². The third kappa shape index (κ3) is 4.33. The lowest BCUT2D eigenvalue weighted by atomic mass is 10.2. The van der Waals surface area contributed by atoms with Crippen LogP contribution < -0.4 is 9.64 Å². The van der Waals surface area contributed by atoms with Gasteiger partial charge >= 0.3 is 12.2 Å². The van der Waals surface area contributed by atoms with Crippen molar-refractivity contribution < 1.29 is 22.3 Å². The van der Waals surface area contributed by atoms with Crippen molar-refractivity contribution in [1.29, 1.82) is 0 Å². The van der Waals surface area contributed by atoms with E-state index in [1.165, 1.54) is 25.2 Å². The summed E-state index contributed by atoms with van der Waals surface area (Å²) < 4.78 is 59.5. The summed E-state index contributed by atoms with van der Waals surface area (Å²) in [6, 6.07) is 14.3. The van der Waals surface area contributed by atoms with Gasteiger partial charge in [0.2, 0.25) is 0 Å². The Hall–Kier alpha value is -3.16. The van der Waals surface area contributed by atoms with Crippen molar-refractivity contribution in [3.63, 3.8) is 0 Å². The summed E-state index contributed by atoms with van der Waals surface area (Å²) in [7, 11) is 1.30. The van der Waals surface area contributed by atoms with Crippen LogP contribution in [0.5, 0.6) is 6.01 Å². The number of ether oxygens (including phenoxy) is 1. The highest BCUT2D eigenvalue weighted by Crippen LogP contribution is 2.38. The number of aromatic nitrogens is 2. The van der Waals surface area contributed by atoms with Gasteiger partial charge in [-0.05, 0) is 17.7 Å². The molecule has 4 nitrogen and oxygen atoms in total. The summed E-state index contributed by atoms with van der Waals surface area (Å²) in [5, 5.41) is 0. The zero-order valence-corrected chi connectivity index (χ0v) is 14.2. The monoisotopic (exact) mass is 377 g/mol. The Morgan fingerprint density at radius 3 is 2.33 bits per heavy atom. The van der Waals surface area contributed by atoms with E-state index >= 15 is 0 Å². The van der Waals surface area contributed by atoms with Crippen LogP contribution >= 0.6 is 0 Å². The van der Waals surface area contributed by atoms with Crippen molar-refractivity contribution in [1.82, 2.24) is 9.97 Å². The molecule has 140 valence electrons. The smallest absolute Gasteiger partial charge is 0.421 e. The third-order valence-corrected chi connectivity index (χ3v) is 3.79.